The molecule has 1 aliphatic carbocycles. The van der Waals surface area contributed by atoms with Gasteiger partial charge in [0.15, 0.2) is 5.92 Å². The molecular formula is C21H27NO7. The van der Waals surface area contributed by atoms with Crippen LogP contribution in [0.2, 0.25) is 0 Å². The van der Waals surface area contributed by atoms with Gasteiger partial charge in [-0.3, -0.25) is 14.4 Å². The number of allylic oxidation sites excluding steroid dienone is 4. The van der Waals surface area contributed by atoms with Crippen molar-refractivity contribution in [2.24, 2.45) is 11.8 Å². The topological polar surface area (TPSA) is 99.2 Å². The summed E-state index contributed by atoms with van der Waals surface area (Å²) in [5.74, 6) is -3.03. The van der Waals surface area contributed by atoms with Crippen molar-refractivity contribution >= 4 is 23.9 Å². The molecule has 29 heavy (non-hydrogen) atoms. The predicted molar refractivity (Wildman–Crippen MR) is 103 cm³/mol. The monoisotopic (exact) mass is 405 g/mol. The first-order valence-electron chi connectivity index (χ1n) is 9.88. The van der Waals surface area contributed by atoms with Gasteiger partial charge in [-0.15, -0.1) is 0 Å². The maximum absolute atomic E-state index is 12.5. The summed E-state index contributed by atoms with van der Waals surface area (Å²) < 4.78 is 15.1. The molecule has 158 valence electrons. The van der Waals surface area contributed by atoms with Crippen LogP contribution in [0, 0.1) is 11.8 Å². The van der Waals surface area contributed by atoms with Crippen molar-refractivity contribution in [2.45, 2.75) is 45.6 Å². The van der Waals surface area contributed by atoms with E-state index in [0.29, 0.717) is 0 Å². The molecule has 2 rings (SSSR count). The minimum Gasteiger partial charge on any atom is -0.465 e. The molecule has 2 amide bonds. The van der Waals surface area contributed by atoms with E-state index in [9.17, 15) is 19.2 Å². The first-order chi connectivity index (χ1) is 14.0. The third-order valence-corrected chi connectivity index (χ3v) is 4.66. The van der Waals surface area contributed by atoms with Crippen LogP contribution in [0.3, 0.4) is 0 Å². The second-order valence-electron chi connectivity index (χ2n) is 6.61. The number of hydrogen-bond donors (Lipinski definition) is 0. The SMILES string of the molecule is CCOC(=O)C(/C=C/C=C/C=C\N1C(=O)OC2CCCCC2C1=O)C(=O)OCC. The Bertz CT molecular complexity index is 692. The molecule has 2 unspecified atom stereocenters. The predicted octanol–water partition coefficient (Wildman–Crippen LogP) is 2.89. The summed E-state index contributed by atoms with van der Waals surface area (Å²) >= 11 is 0. The zero-order chi connectivity index (χ0) is 21.2. The van der Waals surface area contributed by atoms with Crippen molar-refractivity contribution in [3.05, 3.63) is 36.6 Å². The fourth-order valence-electron chi connectivity index (χ4n) is 3.27. The van der Waals surface area contributed by atoms with Gasteiger partial charge in [-0.1, -0.05) is 30.7 Å². The first-order valence-corrected chi connectivity index (χ1v) is 9.88. The highest BCUT2D eigenvalue weighted by molar-refractivity contribution is 5.97. The molecule has 0 N–H and O–H groups in total. The fraction of sp³-hybridized carbons (Fsp3) is 0.524. The molecule has 2 atom stereocenters. The Morgan fingerprint density at radius 2 is 1.66 bits per heavy atom. The second-order valence-corrected chi connectivity index (χ2v) is 6.61. The third-order valence-electron chi connectivity index (χ3n) is 4.66. The number of hydrogen-bond acceptors (Lipinski definition) is 7. The molecule has 2 aliphatic rings. The summed E-state index contributed by atoms with van der Waals surface area (Å²) in [6, 6.07) is 0. The van der Waals surface area contributed by atoms with Gasteiger partial charge in [0, 0.05) is 6.20 Å². The van der Waals surface area contributed by atoms with Crippen molar-refractivity contribution in [3.63, 3.8) is 0 Å². The molecule has 0 radical (unpaired) electrons. The van der Waals surface area contributed by atoms with E-state index in [1.54, 1.807) is 26.0 Å². The number of rotatable bonds is 8. The lowest BCUT2D eigenvalue weighted by atomic mass is 9.84. The number of carbonyl (C=O) groups is 4. The molecular weight excluding hydrogens is 378 g/mol. The van der Waals surface area contributed by atoms with Crippen LogP contribution >= 0.6 is 0 Å². The van der Waals surface area contributed by atoms with E-state index in [2.05, 4.69) is 0 Å². The Labute approximate surface area is 170 Å². The van der Waals surface area contributed by atoms with Gasteiger partial charge < -0.3 is 14.2 Å². The number of imide groups is 1. The van der Waals surface area contributed by atoms with Gasteiger partial charge in [0.25, 0.3) is 0 Å². The van der Waals surface area contributed by atoms with Crippen LogP contribution in [-0.4, -0.2) is 48.2 Å². The number of amides is 2. The standard InChI is InChI=1S/C21H27NO7/c1-3-27-19(24)16(20(25)28-4-2)12-7-5-6-10-14-22-18(23)15-11-8-9-13-17(15)29-21(22)26/h5-7,10,12,14-17H,3-4,8-9,11,13H2,1-2H3/b6-5+,12-7+,14-10-. The normalized spacial score (nSPS) is 22.4. The quantitative estimate of drug-likeness (QED) is 0.265. The lowest BCUT2D eigenvalue weighted by Gasteiger charge is -2.37. The van der Waals surface area contributed by atoms with Crippen LogP contribution in [0.15, 0.2) is 36.6 Å². The first kappa shape index (κ1) is 22.4. The van der Waals surface area contributed by atoms with Crippen LogP contribution in [0.25, 0.3) is 0 Å². The highest BCUT2D eigenvalue weighted by Crippen LogP contribution is 2.32. The number of nitrogens with zero attached hydrogens (tertiary/aromatic N) is 1. The van der Waals surface area contributed by atoms with Crippen molar-refractivity contribution in [3.8, 4) is 0 Å². The van der Waals surface area contributed by atoms with Crippen LogP contribution < -0.4 is 0 Å². The van der Waals surface area contributed by atoms with Gasteiger partial charge in [0.2, 0.25) is 5.91 Å². The molecule has 0 bridgehead atoms. The largest absolute Gasteiger partial charge is 0.465 e. The van der Waals surface area contributed by atoms with Crippen molar-refractivity contribution in [1.82, 2.24) is 4.90 Å². The minimum atomic E-state index is -1.15. The van der Waals surface area contributed by atoms with Gasteiger partial charge in [-0.25, -0.2) is 9.69 Å². The van der Waals surface area contributed by atoms with Crippen molar-refractivity contribution in [1.29, 1.82) is 0 Å². The van der Waals surface area contributed by atoms with Crippen LogP contribution in [0.5, 0.6) is 0 Å². The third kappa shape index (κ3) is 6.04. The maximum atomic E-state index is 12.5. The summed E-state index contributed by atoms with van der Waals surface area (Å²) in [7, 11) is 0. The Kier molecular flexibility index (Phi) is 8.64. The molecule has 8 heteroatoms. The van der Waals surface area contributed by atoms with E-state index in [4.69, 9.17) is 14.2 Å². The average molecular weight is 405 g/mol. The summed E-state index contributed by atoms with van der Waals surface area (Å²) in [5, 5.41) is 0. The highest BCUT2D eigenvalue weighted by Gasteiger charge is 2.43. The van der Waals surface area contributed by atoms with E-state index >= 15 is 0 Å². The lowest BCUT2D eigenvalue weighted by Crippen LogP contribution is -2.50. The smallest absolute Gasteiger partial charge is 0.421 e. The fourth-order valence-corrected chi connectivity index (χ4v) is 3.27. The number of ether oxygens (including phenoxy) is 3. The number of esters is 2. The zero-order valence-electron chi connectivity index (χ0n) is 16.7. The molecule has 2 fully saturated rings. The van der Waals surface area contributed by atoms with Crippen molar-refractivity contribution in [2.75, 3.05) is 13.2 Å². The Morgan fingerprint density at radius 1 is 1.03 bits per heavy atom. The van der Waals surface area contributed by atoms with Crippen LogP contribution in [-0.2, 0) is 28.6 Å². The maximum Gasteiger partial charge on any atom is 0.421 e. The van der Waals surface area contributed by atoms with E-state index < -0.39 is 23.9 Å². The van der Waals surface area contributed by atoms with E-state index in [0.717, 1.165) is 30.6 Å². The van der Waals surface area contributed by atoms with Crippen LogP contribution in [0.1, 0.15) is 39.5 Å². The highest BCUT2D eigenvalue weighted by atomic mass is 16.6. The van der Waals surface area contributed by atoms with Gasteiger partial charge >= 0.3 is 18.0 Å². The van der Waals surface area contributed by atoms with Crippen molar-refractivity contribution < 1.29 is 33.4 Å². The molecule has 1 aliphatic heterocycles. The van der Waals surface area contributed by atoms with E-state index in [1.807, 2.05) is 0 Å². The Balaban J connectivity index is 1.95. The molecule has 1 saturated heterocycles. The van der Waals surface area contributed by atoms with Gasteiger partial charge in [-0.05, 0) is 39.2 Å². The summed E-state index contributed by atoms with van der Waals surface area (Å²) in [4.78, 5) is 49.2. The Hall–Kier alpha value is -2.90. The summed E-state index contributed by atoms with van der Waals surface area (Å²) in [6.07, 6.45) is 11.3. The molecule has 0 spiro atoms. The Morgan fingerprint density at radius 3 is 2.31 bits per heavy atom. The average Bonchev–Trinajstić information content (AvgIpc) is 2.69. The number of fused-ring (bicyclic) bond motifs is 1. The van der Waals surface area contributed by atoms with Gasteiger partial charge in [0.1, 0.15) is 6.10 Å². The van der Waals surface area contributed by atoms with E-state index in [1.165, 1.54) is 24.4 Å². The summed E-state index contributed by atoms with van der Waals surface area (Å²) in [6.45, 7) is 3.61. The van der Waals surface area contributed by atoms with Crippen LogP contribution in [0.4, 0.5) is 4.79 Å². The molecule has 1 saturated carbocycles. The lowest BCUT2D eigenvalue weighted by molar-refractivity contribution is -0.159. The van der Waals surface area contributed by atoms with E-state index in [-0.39, 0.29) is 31.1 Å². The van der Waals surface area contributed by atoms with Gasteiger partial charge in [0.05, 0.1) is 19.1 Å². The second kappa shape index (κ2) is 11.2. The van der Waals surface area contributed by atoms with Gasteiger partial charge in [-0.2, -0.15) is 0 Å². The molecule has 0 aromatic carbocycles. The number of carbonyl (C=O) groups excluding carboxylic acids is 4. The zero-order valence-corrected chi connectivity index (χ0v) is 16.7. The molecule has 0 aromatic heterocycles. The minimum absolute atomic E-state index is 0.156. The summed E-state index contributed by atoms with van der Waals surface area (Å²) in [5.41, 5.74) is 0. The molecule has 1 heterocycles. The molecule has 0 aromatic rings. The molecule has 8 nitrogen and oxygen atoms in total.